The van der Waals surface area contributed by atoms with Crippen molar-refractivity contribution in [2.24, 2.45) is 0 Å². The maximum absolute atomic E-state index is 11.8. The highest BCUT2D eigenvalue weighted by Crippen LogP contribution is 2.18. The van der Waals surface area contributed by atoms with Gasteiger partial charge in [-0.3, -0.25) is 4.79 Å². The lowest BCUT2D eigenvalue weighted by molar-refractivity contribution is 0.0984. The fraction of sp³-hybridized carbons (Fsp3) is 0.200. The van der Waals surface area contributed by atoms with Gasteiger partial charge in [-0.2, -0.15) is 5.26 Å². The van der Waals surface area contributed by atoms with E-state index < -0.39 is 0 Å². The van der Waals surface area contributed by atoms with E-state index in [4.69, 9.17) is 5.26 Å². The lowest BCUT2D eigenvalue weighted by Crippen LogP contribution is -1.97. The lowest BCUT2D eigenvalue weighted by atomic mass is 10.0. The molecule has 0 saturated heterocycles. The topological polar surface area (TPSA) is 40.9 Å². The van der Waals surface area contributed by atoms with Gasteiger partial charge in [-0.15, -0.1) is 0 Å². The first-order valence-corrected chi connectivity index (χ1v) is 5.61. The van der Waals surface area contributed by atoms with Crippen molar-refractivity contribution < 1.29 is 4.79 Å². The van der Waals surface area contributed by atoms with Gasteiger partial charge in [0.15, 0.2) is 5.78 Å². The molecule has 0 bridgehead atoms. The van der Waals surface area contributed by atoms with Crippen LogP contribution in [0.2, 0.25) is 0 Å². The quantitative estimate of drug-likeness (QED) is 0.745. The molecule has 0 aliphatic heterocycles. The Hall–Kier alpha value is -2.14. The zero-order valence-corrected chi connectivity index (χ0v) is 9.73. The maximum atomic E-state index is 11.8. The Labute approximate surface area is 100 Å². The van der Waals surface area contributed by atoms with Crippen molar-refractivity contribution in [3.05, 3.63) is 47.5 Å². The van der Waals surface area contributed by atoms with Gasteiger partial charge in [0.1, 0.15) is 0 Å². The molecule has 2 rings (SSSR count). The van der Waals surface area contributed by atoms with E-state index in [0.717, 1.165) is 10.8 Å². The van der Waals surface area contributed by atoms with Crippen molar-refractivity contribution in [1.82, 2.24) is 0 Å². The predicted octanol–water partition coefficient (Wildman–Crippen LogP) is 3.63. The number of nitriles is 1. The van der Waals surface area contributed by atoms with Crippen LogP contribution in [0.4, 0.5) is 0 Å². The number of Topliss-reactive ketones (excluding diaryl/α,β-unsaturated/α-hetero) is 1. The molecule has 0 atom stereocenters. The summed E-state index contributed by atoms with van der Waals surface area (Å²) < 4.78 is 0. The average molecular weight is 223 g/mol. The average Bonchev–Trinajstić information content (AvgIpc) is 2.35. The van der Waals surface area contributed by atoms with Crippen molar-refractivity contribution in [3.63, 3.8) is 0 Å². The second-order valence-electron chi connectivity index (χ2n) is 4.15. The van der Waals surface area contributed by atoms with E-state index in [2.05, 4.69) is 6.07 Å². The van der Waals surface area contributed by atoms with E-state index in [1.54, 1.807) is 0 Å². The Morgan fingerprint density at radius 1 is 1.18 bits per heavy atom. The Bertz CT molecular complexity index is 608. The van der Waals surface area contributed by atoms with Crippen molar-refractivity contribution in [2.75, 3.05) is 0 Å². The van der Waals surface area contributed by atoms with E-state index in [9.17, 15) is 4.79 Å². The third-order valence-corrected chi connectivity index (χ3v) is 2.78. The number of hydrogen-bond acceptors (Lipinski definition) is 2. The molecule has 0 saturated carbocycles. The van der Waals surface area contributed by atoms with Gasteiger partial charge in [-0.05, 0) is 23.8 Å². The van der Waals surface area contributed by atoms with Crippen LogP contribution in [0.5, 0.6) is 0 Å². The fourth-order valence-corrected chi connectivity index (χ4v) is 1.85. The third kappa shape index (κ3) is 2.51. The monoisotopic (exact) mass is 223 g/mol. The summed E-state index contributed by atoms with van der Waals surface area (Å²) in [5.41, 5.74) is 1.90. The van der Waals surface area contributed by atoms with Gasteiger partial charge in [-0.1, -0.05) is 35.9 Å². The third-order valence-electron chi connectivity index (χ3n) is 2.78. The van der Waals surface area contributed by atoms with Crippen LogP contribution in [0.15, 0.2) is 36.4 Å². The second-order valence-corrected chi connectivity index (χ2v) is 4.15. The largest absolute Gasteiger partial charge is 0.294 e. The molecule has 0 heterocycles. The standard InChI is InChI=1S/C15H13NO/c1-11-4-5-13-10-14(7-6-12(13)9-11)15(17)3-2-8-16/h4-7,9-10H,2-3H2,1H3. The van der Waals surface area contributed by atoms with E-state index >= 15 is 0 Å². The van der Waals surface area contributed by atoms with Gasteiger partial charge in [-0.25, -0.2) is 0 Å². The first-order valence-electron chi connectivity index (χ1n) is 5.61. The number of nitrogens with zero attached hydrogens (tertiary/aromatic N) is 1. The Morgan fingerprint density at radius 2 is 1.88 bits per heavy atom. The first-order chi connectivity index (χ1) is 8.20. The molecule has 0 spiro atoms. The van der Waals surface area contributed by atoms with Crippen molar-refractivity contribution >= 4 is 16.6 Å². The van der Waals surface area contributed by atoms with Gasteiger partial charge in [0.05, 0.1) is 6.07 Å². The van der Waals surface area contributed by atoms with Crippen LogP contribution >= 0.6 is 0 Å². The number of benzene rings is 2. The summed E-state index contributed by atoms with van der Waals surface area (Å²) >= 11 is 0. The van der Waals surface area contributed by atoms with Crippen LogP contribution in [0, 0.1) is 18.3 Å². The van der Waals surface area contributed by atoms with Gasteiger partial charge in [0.25, 0.3) is 0 Å². The molecule has 2 heteroatoms. The van der Waals surface area contributed by atoms with Gasteiger partial charge < -0.3 is 0 Å². The molecule has 2 aromatic rings. The van der Waals surface area contributed by atoms with Crippen molar-refractivity contribution in [2.45, 2.75) is 19.8 Å². The molecule has 0 N–H and O–H groups in total. The molecule has 0 aliphatic carbocycles. The minimum absolute atomic E-state index is 0.0361. The van der Waals surface area contributed by atoms with Crippen LogP contribution in [-0.2, 0) is 0 Å². The molecule has 2 nitrogen and oxygen atoms in total. The molecule has 0 fully saturated rings. The molecule has 0 aliphatic rings. The number of carbonyl (C=O) groups excluding carboxylic acids is 1. The highest BCUT2D eigenvalue weighted by atomic mass is 16.1. The number of fused-ring (bicyclic) bond motifs is 1. The van der Waals surface area contributed by atoms with Gasteiger partial charge in [0.2, 0.25) is 0 Å². The van der Waals surface area contributed by atoms with Gasteiger partial charge in [0, 0.05) is 18.4 Å². The van der Waals surface area contributed by atoms with E-state index in [1.807, 2.05) is 43.3 Å². The molecular formula is C15H13NO. The molecule has 84 valence electrons. The minimum atomic E-state index is 0.0361. The summed E-state index contributed by atoms with van der Waals surface area (Å²) in [6.45, 7) is 2.05. The number of hydrogen-bond donors (Lipinski definition) is 0. The Balaban J connectivity index is 2.35. The Morgan fingerprint density at radius 3 is 2.65 bits per heavy atom. The summed E-state index contributed by atoms with van der Waals surface area (Å²) in [4.78, 5) is 11.8. The normalized spacial score (nSPS) is 10.1. The van der Waals surface area contributed by atoms with Crippen LogP contribution in [0.25, 0.3) is 10.8 Å². The summed E-state index contributed by atoms with van der Waals surface area (Å²) in [6, 6.07) is 13.8. The Kier molecular flexibility index (Phi) is 3.20. The summed E-state index contributed by atoms with van der Waals surface area (Å²) in [5.74, 6) is 0.0361. The molecule has 0 amide bonds. The summed E-state index contributed by atoms with van der Waals surface area (Å²) in [5, 5.41) is 10.7. The predicted molar refractivity (Wildman–Crippen MR) is 67.9 cm³/mol. The highest BCUT2D eigenvalue weighted by molar-refractivity contribution is 6.00. The number of aryl methyl sites for hydroxylation is 1. The zero-order valence-electron chi connectivity index (χ0n) is 9.73. The van der Waals surface area contributed by atoms with Crippen LogP contribution in [0.1, 0.15) is 28.8 Å². The summed E-state index contributed by atoms with van der Waals surface area (Å²) in [6.07, 6.45) is 0.582. The second kappa shape index (κ2) is 4.80. The van der Waals surface area contributed by atoms with Crippen LogP contribution < -0.4 is 0 Å². The maximum Gasteiger partial charge on any atom is 0.163 e. The van der Waals surface area contributed by atoms with E-state index in [-0.39, 0.29) is 12.2 Å². The fourth-order valence-electron chi connectivity index (χ4n) is 1.85. The molecular weight excluding hydrogens is 210 g/mol. The van der Waals surface area contributed by atoms with E-state index in [1.165, 1.54) is 5.56 Å². The van der Waals surface area contributed by atoms with Crippen molar-refractivity contribution in [1.29, 1.82) is 5.26 Å². The lowest BCUT2D eigenvalue weighted by Gasteiger charge is -2.03. The molecule has 0 aromatic heterocycles. The van der Waals surface area contributed by atoms with Gasteiger partial charge >= 0.3 is 0 Å². The molecule has 0 radical (unpaired) electrons. The van der Waals surface area contributed by atoms with Crippen LogP contribution in [0.3, 0.4) is 0 Å². The molecule has 0 unspecified atom stereocenters. The highest BCUT2D eigenvalue weighted by Gasteiger charge is 2.06. The SMILES string of the molecule is Cc1ccc2cc(C(=O)CCC#N)ccc2c1. The number of ketones is 1. The summed E-state index contributed by atoms with van der Waals surface area (Å²) in [7, 11) is 0. The molecule has 17 heavy (non-hydrogen) atoms. The van der Waals surface area contributed by atoms with E-state index in [0.29, 0.717) is 12.0 Å². The van der Waals surface area contributed by atoms with Crippen molar-refractivity contribution in [3.8, 4) is 6.07 Å². The first kappa shape index (κ1) is 11.3. The zero-order chi connectivity index (χ0) is 12.3. The molecule has 2 aromatic carbocycles. The minimum Gasteiger partial charge on any atom is -0.294 e. The number of carbonyl (C=O) groups is 1. The van der Waals surface area contributed by atoms with Crippen LogP contribution in [-0.4, -0.2) is 5.78 Å². The smallest absolute Gasteiger partial charge is 0.163 e. The number of rotatable bonds is 3.